The van der Waals surface area contributed by atoms with Crippen LogP contribution in [0.5, 0.6) is 0 Å². The number of anilines is 1. The normalized spacial score (nSPS) is 10.8. The van der Waals surface area contributed by atoms with Gasteiger partial charge >= 0.3 is 0 Å². The maximum atomic E-state index is 12.1. The van der Waals surface area contributed by atoms with Gasteiger partial charge in [-0.15, -0.1) is 22.7 Å². The SMILES string of the molecule is COCc1nc(C(=O)Nc2cc(-c3ccc(C)s3)[nH]n2)cs1. The maximum absolute atomic E-state index is 12.1. The highest BCUT2D eigenvalue weighted by atomic mass is 32.1. The number of ether oxygens (including phenoxy) is 1. The predicted molar refractivity (Wildman–Crippen MR) is 87.4 cm³/mol. The molecular weight excluding hydrogens is 320 g/mol. The van der Waals surface area contributed by atoms with Gasteiger partial charge in [0.1, 0.15) is 10.7 Å². The summed E-state index contributed by atoms with van der Waals surface area (Å²) >= 11 is 3.06. The number of nitrogens with zero attached hydrogens (tertiary/aromatic N) is 2. The van der Waals surface area contributed by atoms with Crippen LogP contribution in [-0.4, -0.2) is 28.2 Å². The van der Waals surface area contributed by atoms with Crippen molar-refractivity contribution in [3.05, 3.63) is 39.2 Å². The van der Waals surface area contributed by atoms with E-state index < -0.39 is 0 Å². The maximum Gasteiger partial charge on any atom is 0.276 e. The molecule has 22 heavy (non-hydrogen) atoms. The Hall–Kier alpha value is -2.03. The quantitative estimate of drug-likeness (QED) is 0.750. The van der Waals surface area contributed by atoms with E-state index in [0.29, 0.717) is 18.1 Å². The van der Waals surface area contributed by atoms with Crippen molar-refractivity contribution >= 4 is 34.4 Å². The smallest absolute Gasteiger partial charge is 0.276 e. The molecular formula is C14H14N4O2S2. The van der Waals surface area contributed by atoms with Gasteiger partial charge in [0.25, 0.3) is 5.91 Å². The van der Waals surface area contributed by atoms with Gasteiger partial charge in [0.2, 0.25) is 0 Å². The molecule has 0 radical (unpaired) electrons. The Morgan fingerprint density at radius 3 is 3.05 bits per heavy atom. The molecule has 0 bridgehead atoms. The molecule has 0 saturated carbocycles. The number of aromatic amines is 1. The summed E-state index contributed by atoms with van der Waals surface area (Å²) < 4.78 is 4.99. The summed E-state index contributed by atoms with van der Waals surface area (Å²) in [5.74, 6) is 0.200. The molecule has 0 aliphatic heterocycles. The van der Waals surface area contributed by atoms with Gasteiger partial charge in [-0.1, -0.05) is 0 Å². The highest BCUT2D eigenvalue weighted by molar-refractivity contribution is 7.15. The van der Waals surface area contributed by atoms with Gasteiger partial charge in [0.15, 0.2) is 5.82 Å². The Bertz CT molecular complexity index is 790. The van der Waals surface area contributed by atoms with Crippen LogP contribution >= 0.6 is 22.7 Å². The number of carbonyl (C=O) groups is 1. The summed E-state index contributed by atoms with van der Waals surface area (Å²) in [6.45, 7) is 2.45. The Morgan fingerprint density at radius 1 is 1.45 bits per heavy atom. The van der Waals surface area contributed by atoms with Crippen molar-refractivity contribution < 1.29 is 9.53 Å². The van der Waals surface area contributed by atoms with Crippen molar-refractivity contribution in [3.8, 4) is 10.6 Å². The second-order valence-electron chi connectivity index (χ2n) is 4.59. The molecule has 3 heterocycles. The number of nitrogens with one attached hydrogen (secondary N) is 2. The van der Waals surface area contributed by atoms with Crippen LogP contribution in [0, 0.1) is 6.92 Å². The van der Waals surface area contributed by atoms with Gasteiger partial charge in [-0.25, -0.2) is 4.98 Å². The first-order chi connectivity index (χ1) is 10.7. The highest BCUT2D eigenvalue weighted by Gasteiger charge is 2.13. The Labute approximate surface area is 135 Å². The van der Waals surface area contributed by atoms with E-state index in [1.54, 1.807) is 23.8 Å². The predicted octanol–water partition coefficient (Wildman–Crippen LogP) is 3.30. The van der Waals surface area contributed by atoms with Crippen LogP contribution in [0.1, 0.15) is 20.4 Å². The second-order valence-corrected chi connectivity index (χ2v) is 6.82. The van der Waals surface area contributed by atoms with E-state index in [0.717, 1.165) is 15.6 Å². The van der Waals surface area contributed by atoms with Gasteiger partial charge in [-0.2, -0.15) is 5.10 Å². The number of aromatic nitrogens is 3. The first-order valence-corrected chi connectivity index (χ1v) is 8.22. The molecule has 0 spiro atoms. The molecule has 3 aromatic heterocycles. The van der Waals surface area contributed by atoms with Crippen LogP contribution < -0.4 is 5.32 Å². The summed E-state index contributed by atoms with van der Waals surface area (Å²) in [5, 5.41) is 12.3. The van der Waals surface area contributed by atoms with E-state index >= 15 is 0 Å². The zero-order valence-electron chi connectivity index (χ0n) is 12.0. The molecule has 3 aromatic rings. The number of aryl methyl sites for hydroxylation is 1. The number of H-pyrrole nitrogens is 1. The minimum atomic E-state index is -0.279. The topological polar surface area (TPSA) is 79.9 Å². The van der Waals surface area contributed by atoms with E-state index in [-0.39, 0.29) is 5.91 Å². The van der Waals surface area contributed by atoms with Crippen molar-refractivity contribution in [3.63, 3.8) is 0 Å². The van der Waals surface area contributed by atoms with Crippen LogP contribution in [0.2, 0.25) is 0 Å². The minimum Gasteiger partial charge on any atom is -0.378 e. The molecule has 6 nitrogen and oxygen atoms in total. The number of rotatable bonds is 5. The zero-order chi connectivity index (χ0) is 15.5. The molecule has 8 heteroatoms. The first-order valence-electron chi connectivity index (χ1n) is 6.52. The van der Waals surface area contributed by atoms with Gasteiger partial charge in [-0.3, -0.25) is 9.89 Å². The van der Waals surface area contributed by atoms with Crippen molar-refractivity contribution in [2.24, 2.45) is 0 Å². The first kappa shape index (κ1) is 14.9. The number of methoxy groups -OCH3 is 1. The third-order valence-corrected chi connectivity index (χ3v) is 4.73. The number of amides is 1. The molecule has 0 aliphatic rings. The number of thiophene rings is 1. The molecule has 0 saturated heterocycles. The van der Waals surface area contributed by atoms with Gasteiger partial charge in [0.05, 0.1) is 17.2 Å². The number of hydrogen-bond acceptors (Lipinski definition) is 6. The number of hydrogen-bond donors (Lipinski definition) is 2. The summed E-state index contributed by atoms with van der Waals surface area (Å²) in [5.41, 5.74) is 1.25. The fraction of sp³-hybridized carbons (Fsp3) is 0.214. The summed E-state index contributed by atoms with van der Waals surface area (Å²) in [6.07, 6.45) is 0. The second kappa shape index (κ2) is 6.39. The van der Waals surface area contributed by atoms with E-state index in [4.69, 9.17) is 4.74 Å². The Balaban J connectivity index is 1.70. The van der Waals surface area contributed by atoms with Crippen LogP contribution in [0.15, 0.2) is 23.6 Å². The molecule has 0 fully saturated rings. The average molecular weight is 334 g/mol. The van der Waals surface area contributed by atoms with Crippen LogP contribution in [-0.2, 0) is 11.3 Å². The van der Waals surface area contributed by atoms with Crippen molar-refractivity contribution in [2.45, 2.75) is 13.5 Å². The fourth-order valence-electron chi connectivity index (χ4n) is 1.88. The molecule has 114 valence electrons. The fourth-order valence-corrected chi connectivity index (χ4v) is 3.45. The number of carbonyl (C=O) groups excluding carboxylic acids is 1. The monoisotopic (exact) mass is 334 g/mol. The zero-order valence-corrected chi connectivity index (χ0v) is 13.7. The molecule has 0 atom stereocenters. The largest absolute Gasteiger partial charge is 0.378 e. The van der Waals surface area contributed by atoms with Crippen LogP contribution in [0.4, 0.5) is 5.82 Å². The third kappa shape index (κ3) is 3.24. The van der Waals surface area contributed by atoms with Gasteiger partial charge < -0.3 is 10.1 Å². The molecule has 0 unspecified atom stereocenters. The minimum absolute atomic E-state index is 0.279. The lowest BCUT2D eigenvalue weighted by Crippen LogP contribution is -2.12. The molecule has 3 rings (SSSR count). The molecule has 2 N–H and O–H groups in total. The summed E-state index contributed by atoms with van der Waals surface area (Å²) in [4.78, 5) is 18.6. The van der Waals surface area contributed by atoms with E-state index in [2.05, 4.69) is 20.5 Å². The summed E-state index contributed by atoms with van der Waals surface area (Å²) in [7, 11) is 1.60. The Morgan fingerprint density at radius 2 is 2.32 bits per heavy atom. The van der Waals surface area contributed by atoms with Crippen molar-refractivity contribution in [2.75, 3.05) is 12.4 Å². The van der Waals surface area contributed by atoms with E-state index in [9.17, 15) is 4.79 Å². The van der Waals surface area contributed by atoms with Crippen molar-refractivity contribution in [1.82, 2.24) is 15.2 Å². The standard InChI is InChI=1S/C14H14N4O2S2/c1-8-3-4-11(22-8)9-5-12(18-17-9)16-14(19)10-7-21-13(15-10)6-20-2/h3-5,7H,6H2,1-2H3,(H2,16,17,18,19). The highest BCUT2D eigenvalue weighted by Crippen LogP contribution is 2.27. The molecule has 0 aromatic carbocycles. The van der Waals surface area contributed by atoms with E-state index in [1.165, 1.54) is 16.2 Å². The lowest BCUT2D eigenvalue weighted by molar-refractivity contribution is 0.102. The van der Waals surface area contributed by atoms with E-state index in [1.807, 2.05) is 25.1 Å². The van der Waals surface area contributed by atoms with Gasteiger partial charge in [-0.05, 0) is 19.1 Å². The van der Waals surface area contributed by atoms with Gasteiger partial charge in [0, 0.05) is 23.4 Å². The van der Waals surface area contributed by atoms with Crippen LogP contribution in [0.3, 0.4) is 0 Å². The lowest BCUT2D eigenvalue weighted by atomic mass is 10.3. The molecule has 0 aliphatic carbocycles. The lowest BCUT2D eigenvalue weighted by Gasteiger charge is -1.97. The molecule has 1 amide bonds. The third-order valence-electron chi connectivity index (χ3n) is 2.88. The number of thiazole rings is 1. The summed E-state index contributed by atoms with van der Waals surface area (Å²) in [6, 6.07) is 5.88. The van der Waals surface area contributed by atoms with Crippen molar-refractivity contribution in [1.29, 1.82) is 0 Å². The average Bonchev–Trinajstić information content (AvgIpc) is 3.19. The van der Waals surface area contributed by atoms with Crippen LogP contribution in [0.25, 0.3) is 10.6 Å². The Kier molecular flexibility index (Phi) is 4.32.